The average Bonchev–Trinajstić information content (AvgIpc) is 2.31. The summed E-state index contributed by atoms with van der Waals surface area (Å²) in [4.78, 5) is 0. The number of methoxy groups -OCH3 is 1. The highest BCUT2D eigenvalue weighted by molar-refractivity contribution is 5.36. The Hall–Kier alpha value is -1.06. The summed E-state index contributed by atoms with van der Waals surface area (Å²) >= 11 is 0. The van der Waals surface area contributed by atoms with E-state index in [9.17, 15) is 0 Å². The van der Waals surface area contributed by atoms with Gasteiger partial charge < -0.3 is 14.8 Å². The molecule has 0 saturated carbocycles. The van der Waals surface area contributed by atoms with Crippen molar-refractivity contribution in [1.82, 2.24) is 5.32 Å². The van der Waals surface area contributed by atoms with Crippen molar-refractivity contribution in [3.05, 3.63) is 29.3 Å². The Bertz CT molecular complexity index is 350. The van der Waals surface area contributed by atoms with Crippen LogP contribution in [-0.2, 0) is 4.74 Å². The molecular weight excluding hydrogens is 214 g/mol. The van der Waals surface area contributed by atoms with Gasteiger partial charge in [-0.25, -0.2) is 0 Å². The van der Waals surface area contributed by atoms with Crippen LogP contribution in [0, 0.1) is 6.92 Å². The SMILES string of the molecule is CNC(COC(C)C)c1ccc(OC)cc1C. The molecule has 0 aliphatic rings. The maximum atomic E-state index is 5.67. The van der Waals surface area contributed by atoms with E-state index in [1.54, 1.807) is 7.11 Å². The number of hydrogen-bond acceptors (Lipinski definition) is 3. The van der Waals surface area contributed by atoms with E-state index in [0.717, 1.165) is 5.75 Å². The fourth-order valence-electron chi connectivity index (χ4n) is 1.78. The van der Waals surface area contributed by atoms with Crippen LogP contribution in [0.25, 0.3) is 0 Å². The molecule has 0 bridgehead atoms. The maximum absolute atomic E-state index is 5.67. The van der Waals surface area contributed by atoms with Crippen molar-refractivity contribution in [2.24, 2.45) is 0 Å². The second kappa shape index (κ2) is 6.62. The molecule has 1 aromatic rings. The Morgan fingerprint density at radius 3 is 2.47 bits per heavy atom. The van der Waals surface area contributed by atoms with E-state index in [-0.39, 0.29) is 12.1 Å². The molecule has 1 N–H and O–H groups in total. The third kappa shape index (κ3) is 4.02. The van der Waals surface area contributed by atoms with Gasteiger partial charge in [-0.05, 0) is 51.1 Å². The quantitative estimate of drug-likeness (QED) is 0.825. The van der Waals surface area contributed by atoms with E-state index in [4.69, 9.17) is 9.47 Å². The van der Waals surface area contributed by atoms with Crippen LogP contribution in [0.2, 0.25) is 0 Å². The van der Waals surface area contributed by atoms with Crippen molar-refractivity contribution in [2.45, 2.75) is 32.9 Å². The summed E-state index contributed by atoms with van der Waals surface area (Å²) in [5.41, 5.74) is 2.48. The first kappa shape index (κ1) is 14.0. The molecule has 0 saturated heterocycles. The summed E-state index contributed by atoms with van der Waals surface area (Å²) in [6.45, 7) is 6.88. The Morgan fingerprint density at radius 2 is 2.00 bits per heavy atom. The molecular formula is C14H23NO2. The predicted molar refractivity (Wildman–Crippen MR) is 70.6 cm³/mol. The fourth-order valence-corrected chi connectivity index (χ4v) is 1.78. The van der Waals surface area contributed by atoms with Gasteiger partial charge in [0.25, 0.3) is 0 Å². The smallest absolute Gasteiger partial charge is 0.119 e. The van der Waals surface area contributed by atoms with Crippen LogP contribution in [0.3, 0.4) is 0 Å². The van der Waals surface area contributed by atoms with E-state index in [2.05, 4.69) is 24.4 Å². The third-order valence-corrected chi connectivity index (χ3v) is 2.80. The van der Waals surface area contributed by atoms with Crippen molar-refractivity contribution in [3.8, 4) is 5.75 Å². The number of hydrogen-bond donors (Lipinski definition) is 1. The standard InChI is InChI=1S/C14H23NO2/c1-10(2)17-9-14(15-4)13-7-6-12(16-5)8-11(13)3/h6-8,10,14-15H,9H2,1-5H3. The normalized spacial score (nSPS) is 12.8. The van der Waals surface area contributed by atoms with Gasteiger partial charge >= 0.3 is 0 Å². The van der Waals surface area contributed by atoms with Gasteiger partial charge in [0.15, 0.2) is 0 Å². The zero-order valence-corrected chi connectivity index (χ0v) is 11.4. The van der Waals surface area contributed by atoms with Crippen LogP contribution in [0.4, 0.5) is 0 Å². The molecule has 0 aromatic heterocycles. The number of nitrogens with one attached hydrogen (secondary N) is 1. The lowest BCUT2D eigenvalue weighted by Crippen LogP contribution is -2.24. The molecule has 0 fully saturated rings. The minimum absolute atomic E-state index is 0.225. The molecule has 1 aromatic carbocycles. The van der Waals surface area contributed by atoms with Crippen LogP contribution in [0.15, 0.2) is 18.2 Å². The van der Waals surface area contributed by atoms with Crippen LogP contribution in [0.1, 0.15) is 31.0 Å². The van der Waals surface area contributed by atoms with Crippen molar-refractivity contribution < 1.29 is 9.47 Å². The largest absolute Gasteiger partial charge is 0.497 e. The summed E-state index contributed by atoms with van der Waals surface area (Å²) in [5.74, 6) is 0.894. The minimum Gasteiger partial charge on any atom is -0.497 e. The van der Waals surface area contributed by atoms with E-state index in [1.807, 2.05) is 27.0 Å². The highest BCUT2D eigenvalue weighted by Gasteiger charge is 2.13. The number of benzene rings is 1. The zero-order valence-electron chi connectivity index (χ0n) is 11.4. The molecule has 0 aliphatic heterocycles. The molecule has 3 heteroatoms. The molecule has 3 nitrogen and oxygen atoms in total. The summed E-state index contributed by atoms with van der Waals surface area (Å²) in [5, 5.41) is 3.29. The van der Waals surface area contributed by atoms with E-state index >= 15 is 0 Å². The molecule has 1 rings (SSSR count). The van der Waals surface area contributed by atoms with E-state index in [1.165, 1.54) is 11.1 Å². The van der Waals surface area contributed by atoms with Crippen molar-refractivity contribution in [1.29, 1.82) is 0 Å². The Kier molecular flexibility index (Phi) is 5.45. The van der Waals surface area contributed by atoms with Gasteiger partial charge in [0.1, 0.15) is 5.75 Å². The van der Waals surface area contributed by atoms with Crippen molar-refractivity contribution in [3.63, 3.8) is 0 Å². The zero-order chi connectivity index (χ0) is 12.8. The first-order chi connectivity index (χ1) is 8.08. The van der Waals surface area contributed by atoms with Crippen molar-refractivity contribution in [2.75, 3.05) is 20.8 Å². The Morgan fingerprint density at radius 1 is 1.29 bits per heavy atom. The summed E-state index contributed by atoms with van der Waals surface area (Å²) < 4.78 is 10.9. The second-order valence-electron chi connectivity index (χ2n) is 4.45. The highest BCUT2D eigenvalue weighted by Crippen LogP contribution is 2.22. The number of likely N-dealkylation sites (N-methyl/N-ethyl adjacent to an activating group) is 1. The average molecular weight is 237 g/mol. The van der Waals surface area contributed by atoms with E-state index in [0.29, 0.717) is 6.61 Å². The molecule has 0 spiro atoms. The number of rotatable bonds is 6. The molecule has 1 unspecified atom stereocenters. The van der Waals surface area contributed by atoms with Crippen molar-refractivity contribution >= 4 is 0 Å². The van der Waals surface area contributed by atoms with E-state index < -0.39 is 0 Å². The lowest BCUT2D eigenvalue weighted by atomic mass is 10.0. The lowest BCUT2D eigenvalue weighted by molar-refractivity contribution is 0.0625. The molecule has 17 heavy (non-hydrogen) atoms. The van der Waals surface area contributed by atoms with Gasteiger partial charge in [-0.15, -0.1) is 0 Å². The Balaban J connectivity index is 2.80. The van der Waals surface area contributed by atoms with Gasteiger partial charge in [0, 0.05) is 0 Å². The van der Waals surface area contributed by atoms with Gasteiger partial charge in [-0.3, -0.25) is 0 Å². The summed E-state index contributed by atoms with van der Waals surface area (Å²) in [6.07, 6.45) is 0.254. The minimum atomic E-state index is 0.225. The summed E-state index contributed by atoms with van der Waals surface area (Å²) in [6, 6.07) is 6.36. The van der Waals surface area contributed by atoms with Crippen LogP contribution in [0.5, 0.6) is 5.75 Å². The first-order valence-electron chi connectivity index (χ1n) is 6.02. The monoisotopic (exact) mass is 237 g/mol. The van der Waals surface area contributed by atoms with Crippen LogP contribution >= 0.6 is 0 Å². The van der Waals surface area contributed by atoms with Gasteiger partial charge in [0.05, 0.1) is 25.9 Å². The second-order valence-corrected chi connectivity index (χ2v) is 4.45. The highest BCUT2D eigenvalue weighted by atomic mass is 16.5. The fraction of sp³-hybridized carbons (Fsp3) is 0.571. The van der Waals surface area contributed by atoms with Gasteiger partial charge in [-0.2, -0.15) is 0 Å². The molecule has 1 atom stereocenters. The molecule has 0 amide bonds. The molecule has 0 radical (unpaired) electrons. The molecule has 0 heterocycles. The van der Waals surface area contributed by atoms with Gasteiger partial charge in [0.2, 0.25) is 0 Å². The molecule has 96 valence electrons. The number of aryl methyl sites for hydroxylation is 1. The topological polar surface area (TPSA) is 30.5 Å². The summed E-state index contributed by atoms with van der Waals surface area (Å²) in [7, 11) is 3.64. The molecule has 0 aliphatic carbocycles. The predicted octanol–water partition coefficient (Wildman–Crippen LogP) is 2.69. The lowest BCUT2D eigenvalue weighted by Gasteiger charge is -2.20. The van der Waals surface area contributed by atoms with Gasteiger partial charge in [-0.1, -0.05) is 6.07 Å². The van der Waals surface area contributed by atoms with Crippen LogP contribution < -0.4 is 10.1 Å². The number of ether oxygens (including phenoxy) is 2. The Labute approximate surface area is 104 Å². The van der Waals surface area contributed by atoms with Crippen LogP contribution in [-0.4, -0.2) is 26.9 Å². The first-order valence-corrected chi connectivity index (χ1v) is 6.02. The third-order valence-electron chi connectivity index (χ3n) is 2.80. The maximum Gasteiger partial charge on any atom is 0.119 e.